The minimum Gasteiger partial charge on any atom is -0.497 e. The molecule has 3 atom stereocenters. The SMILES string of the molecule is COc1ccc([C@@H]2[C@H](S(=O)(=O)c3ccc(Cl)cc3)[C@@]2(C#N)C=O)cc1. The van der Waals surface area contributed by atoms with E-state index >= 15 is 0 Å². The van der Waals surface area contributed by atoms with Crippen LogP contribution in [0.25, 0.3) is 0 Å². The van der Waals surface area contributed by atoms with Crippen LogP contribution < -0.4 is 4.74 Å². The van der Waals surface area contributed by atoms with Gasteiger partial charge in [-0.2, -0.15) is 5.26 Å². The van der Waals surface area contributed by atoms with Crippen LogP contribution in [-0.2, 0) is 14.6 Å². The second-order valence-corrected chi connectivity index (χ2v) is 8.34. The van der Waals surface area contributed by atoms with Gasteiger partial charge in [0.1, 0.15) is 22.7 Å². The highest BCUT2D eigenvalue weighted by atomic mass is 35.5. The molecule has 7 heteroatoms. The average Bonchev–Trinajstić information content (AvgIpc) is 3.33. The van der Waals surface area contributed by atoms with Crippen molar-refractivity contribution in [1.29, 1.82) is 5.26 Å². The molecular formula is C18H14ClNO4S. The molecular weight excluding hydrogens is 362 g/mol. The molecule has 128 valence electrons. The third kappa shape index (κ3) is 2.70. The first-order valence-electron chi connectivity index (χ1n) is 7.41. The number of nitriles is 1. The first kappa shape index (κ1) is 17.5. The van der Waals surface area contributed by atoms with E-state index in [2.05, 4.69) is 0 Å². The summed E-state index contributed by atoms with van der Waals surface area (Å²) in [5.74, 6) is -0.114. The monoisotopic (exact) mass is 375 g/mol. The molecule has 0 amide bonds. The highest BCUT2D eigenvalue weighted by molar-refractivity contribution is 7.92. The van der Waals surface area contributed by atoms with Gasteiger partial charge in [-0.25, -0.2) is 8.42 Å². The van der Waals surface area contributed by atoms with Gasteiger partial charge in [0.2, 0.25) is 0 Å². The van der Waals surface area contributed by atoms with Gasteiger partial charge in [0.15, 0.2) is 9.84 Å². The van der Waals surface area contributed by atoms with Crippen LogP contribution in [0.4, 0.5) is 0 Å². The average molecular weight is 376 g/mol. The summed E-state index contributed by atoms with van der Waals surface area (Å²) in [5.41, 5.74) is -0.982. The maximum atomic E-state index is 13.0. The van der Waals surface area contributed by atoms with E-state index in [4.69, 9.17) is 16.3 Å². The fraction of sp³-hybridized carbons (Fsp3) is 0.222. The Labute approximate surface area is 150 Å². The van der Waals surface area contributed by atoms with Crippen LogP contribution in [0.15, 0.2) is 53.4 Å². The zero-order valence-corrected chi connectivity index (χ0v) is 14.8. The molecule has 1 saturated carbocycles. The molecule has 1 fully saturated rings. The van der Waals surface area contributed by atoms with E-state index in [1.807, 2.05) is 6.07 Å². The van der Waals surface area contributed by atoms with Gasteiger partial charge in [-0.1, -0.05) is 23.7 Å². The van der Waals surface area contributed by atoms with Crippen LogP contribution in [0.3, 0.4) is 0 Å². The quantitative estimate of drug-likeness (QED) is 0.750. The Bertz CT molecular complexity index is 948. The van der Waals surface area contributed by atoms with Crippen LogP contribution in [0.5, 0.6) is 5.75 Å². The van der Waals surface area contributed by atoms with E-state index in [0.29, 0.717) is 22.6 Å². The maximum absolute atomic E-state index is 13.0. The molecule has 0 bridgehead atoms. The smallest absolute Gasteiger partial charge is 0.183 e. The summed E-state index contributed by atoms with van der Waals surface area (Å²) in [5, 5.41) is 8.80. The fourth-order valence-electron chi connectivity index (χ4n) is 3.14. The molecule has 0 saturated heterocycles. The van der Waals surface area contributed by atoms with Gasteiger partial charge in [0, 0.05) is 10.9 Å². The largest absolute Gasteiger partial charge is 0.497 e. The van der Waals surface area contributed by atoms with Crippen molar-refractivity contribution >= 4 is 27.7 Å². The molecule has 2 aromatic rings. The molecule has 2 aromatic carbocycles. The number of benzene rings is 2. The summed E-state index contributed by atoms with van der Waals surface area (Å²) in [7, 11) is -2.35. The lowest BCUT2D eigenvalue weighted by Crippen LogP contribution is -2.16. The highest BCUT2D eigenvalue weighted by Gasteiger charge is 2.72. The lowest BCUT2D eigenvalue weighted by atomic mass is 10.0. The number of carbonyl (C=O) groups is 1. The van der Waals surface area contributed by atoms with E-state index in [9.17, 15) is 18.5 Å². The van der Waals surface area contributed by atoms with E-state index in [1.165, 1.54) is 31.4 Å². The zero-order chi connectivity index (χ0) is 18.2. The summed E-state index contributed by atoms with van der Waals surface area (Å²) in [6.07, 6.45) is 0.444. The van der Waals surface area contributed by atoms with E-state index in [-0.39, 0.29) is 4.90 Å². The molecule has 0 N–H and O–H groups in total. The van der Waals surface area contributed by atoms with Crippen molar-refractivity contribution in [3.63, 3.8) is 0 Å². The topological polar surface area (TPSA) is 84.2 Å². The summed E-state index contributed by atoms with van der Waals surface area (Å²) in [6.45, 7) is 0. The van der Waals surface area contributed by atoms with Crippen molar-refractivity contribution in [2.24, 2.45) is 5.41 Å². The Morgan fingerprint density at radius 3 is 2.24 bits per heavy atom. The van der Waals surface area contributed by atoms with E-state index in [0.717, 1.165) is 0 Å². The van der Waals surface area contributed by atoms with Gasteiger partial charge in [-0.3, -0.25) is 0 Å². The Morgan fingerprint density at radius 2 is 1.76 bits per heavy atom. The molecule has 3 rings (SSSR count). The Hall–Kier alpha value is -2.36. The van der Waals surface area contributed by atoms with Crippen molar-refractivity contribution in [3.05, 3.63) is 59.1 Å². The normalized spacial score (nSPS) is 25.0. The predicted octanol–water partition coefficient (Wildman–Crippen LogP) is 3.00. The standard InChI is InChI=1S/C18H14ClNO4S/c1-24-14-6-2-12(3-7-14)16-17(18(16,10-20)11-21)25(22,23)15-8-4-13(19)5-9-15/h2-9,11,16-17H,1H3/t16-,17+,18+/m1/s1. The molecule has 0 aliphatic heterocycles. The number of aldehydes is 1. The Kier molecular flexibility index (Phi) is 4.31. The minimum absolute atomic E-state index is 0.0411. The molecule has 25 heavy (non-hydrogen) atoms. The predicted molar refractivity (Wildman–Crippen MR) is 92.3 cm³/mol. The van der Waals surface area contributed by atoms with Gasteiger partial charge >= 0.3 is 0 Å². The Balaban J connectivity index is 2.05. The van der Waals surface area contributed by atoms with Crippen molar-refractivity contribution < 1.29 is 17.9 Å². The molecule has 5 nitrogen and oxygen atoms in total. The Morgan fingerprint density at radius 1 is 1.16 bits per heavy atom. The second kappa shape index (κ2) is 6.17. The first-order valence-corrected chi connectivity index (χ1v) is 9.34. The van der Waals surface area contributed by atoms with E-state index in [1.54, 1.807) is 24.3 Å². The number of ether oxygens (including phenoxy) is 1. The van der Waals surface area contributed by atoms with Gasteiger partial charge in [-0.05, 0) is 42.0 Å². The lowest BCUT2D eigenvalue weighted by molar-refractivity contribution is -0.110. The van der Waals surface area contributed by atoms with Crippen LogP contribution in [0.1, 0.15) is 11.5 Å². The molecule has 1 aliphatic rings. The van der Waals surface area contributed by atoms with Gasteiger partial charge in [-0.15, -0.1) is 0 Å². The molecule has 0 heterocycles. The lowest BCUT2D eigenvalue weighted by Gasteiger charge is -2.05. The van der Waals surface area contributed by atoms with Crippen molar-refractivity contribution in [2.45, 2.75) is 16.1 Å². The van der Waals surface area contributed by atoms with Crippen LogP contribution in [-0.4, -0.2) is 27.1 Å². The molecule has 0 spiro atoms. The van der Waals surface area contributed by atoms with Crippen molar-refractivity contribution in [1.82, 2.24) is 0 Å². The number of rotatable bonds is 5. The number of hydrogen-bond acceptors (Lipinski definition) is 5. The number of methoxy groups -OCH3 is 1. The maximum Gasteiger partial charge on any atom is 0.183 e. The number of nitrogens with zero attached hydrogens (tertiary/aromatic N) is 1. The van der Waals surface area contributed by atoms with Crippen molar-refractivity contribution in [2.75, 3.05) is 7.11 Å². The molecule has 0 unspecified atom stereocenters. The summed E-state index contributed by atoms with van der Waals surface area (Å²) >= 11 is 5.81. The van der Waals surface area contributed by atoms with Crippen LogP contribution >= 0.6 is 11.6 Å². The molecule has 0 radical (unpaired) electrons. The number of carbonyl (C=O) groups excluding carboxylic acids is 1. The van der Waals surface area contributed by atoms with Crippen LogP contribution in [0.2, 0.25) is 5.02 Å². The molecule has 0 aromatic heterocycles. The third-order valence-corrected chi connectivity index (χ3v) is 7.03. The number of hydrogen-bond donors (Lipinski definition) is 0. The van der Waals surface area contributed by atoms with Crippen molar-refractivity contribution in [3.8, 4) is 11.8 Å². The summed E-state index contributed by atoms with van der Waals surface area (Å²) in [6, 6.07) is 14.3. The van der Waals surface area contributed by atoms with Gasteiger partial charge < -0.3 is 9.53 Å². The van der Waals surface area contributed by atoms with Crippen LogP contribution in [0, 0.1) is 16.7 Å². The van der Waals surface area contributed by atoms with E-state index < -0.39 is 26.4 Å². The number of halogens is 1. The highest BCUT2D eigenvalue weighted by Crippen LogP contribution is 2.62. The number of sulfone groups is 1. The summed E-state index contributed by atoms with van der Waals surface area (Å²) < 4.78 is 31.0. The van der Waals surface area contributed by atoms with Gasteiger partial charge in [0.05, 0.1) is 18.1 Å². The minimum atomic E-state index is -3.87. The third-order valence-electron chi connectivity index (χ3n) is 4.52. The second-order valence-electron chi connectivity index (χ2n) is 5.83. The first-order chi connectivity index (χ1) is 11.9. The van der Waals surface area contributed by atoms with Gasteiger partial charge in [0.25, 0.3) is 0 Å². The summed E-state index contributed by atoms with van der Waals surface area (Å²) in [4.78, 5) is 11.7. The molecule has 1 aliphatic carbocycles. The zero-order valence-electron chi connectivity index (χ0n) is 13.2. The fourth-order valence-corrected chi connectivity index (χ4v) is 5.51.